The van der Waals surface area contributed by atoms with Crippen LogP contribution in [0.1, 0.15) is 16.1 Å². The van der Waals surface area contributed by atoms with Crippen molar-refractivity contribution in [1.82, 2.24) is 19.8 Å². The fraction of sp³-hybridized carbons (Fsp3) is 0.0435. The van der Waals surface area contributed by atoms with E-state index in [1.807, 2.05) is 49.4 Å². The summed E-state index contributed by atoms with van der Waals surface area (Å²) in [5.41, 5.74) is 3.03. The molecular weight excluding hydrogens is 397 g/mol. The van der Waals surface area contributed by atoms with Gasteiger partial charge in [-0.3, -0.25) is 4.79 Å². The van der Waals surface area contributed by atoms with Crippen LogP contribution in [0.2, 0.25) is 0 Å². The van der Waals surface area contributed by atoms with E-state index in [9.17, 15) is 9.18 Å². The molecule has 0 unspecified atom stereocenters. The van der Waals surface area contributed by atoms with Crippen molar-refractivity contribution in [3.05, 3.63) is 89.9 Å². The Morgan fingerprint density at radius 1 is 1.00 bits per heavy atom. The molecule has 5 aromatic rings. The van der Waals surface area contributed by atoms with Crippen molar-refractivity contribution >= 4 is 17.2 Å². The number of aromatic nitrogens is 4. The molecule has 0 aliphatic heterocycles. The highest BCUT2D eigenvalue weighted by Gasteiger charge is 2.14. The zero-order chi connectivity index (χ0) is 21.4. The lowest BCUT2D eigenvalue weighted by molar-refractivity contribution is 0.102. The third-order valence-electron chi connectivity index (χ3n) is 4.75. The van der Waals surface area contributed by atoms with Crippen molar-refractivity contribution in [3.63, 3.8) is 0 Å². The van der Waals surface area contributed by atoms with Crippen LogP contribution in [-0.4, -0.2) is 25.7 Å². The highest BCUT2D eigenvalue weighted by molar-refractivity contribution is 6.04. The number of amides is 1. The third kappa shape index (κ3) is 3.66. The summed E-state index contributed by atoms with van der Waals surface area (Å²) >= 11 is 0. The summed E-state index contributed by atoms with van der Waals surface area (Å²) in [4.78, 5) is 12.4. The van der Waals surface area contributed by atoms with E-state index in [1.165, 1.54) is 24.3 Å². The molecule has 0 spiro atoms. The van der Waals surface area contributed by atoms with Crippen LogP contribution in [0.3, 0.4) is 0 Å². The Hall–Kier alpha value is -4.33. The molecule has 1 amide bonds. The number of rotatable bonds is 4. The van der Waals surface area contributed by atoms with Crippen molar-refractivity contribution < 1.29 is 13.6 Å². The van der Waals surface area contributed by atoms with E-state index in [2.05, 4.69) is 20.6 Å². The fourth-order valence-corrected chi connectivity index (χ4v) is 3.21. The molecule has 3 aromatic heterocycles. The molecule has 0 aliphatic carbocycles. The summed E-state index contributed by atoms with van der Waals surface area (Å²) in [5.74, 6) is 1.14. The van der Waals surface area contributed by atoms with Crippen LogP contribution in [-0.2, 0) is 0 Å². The van der Waals surface area contributed by atoms with Crippen molar-refractivity contribution in [1.29, 1.82) is 0 Å². The molecule has 0 radical (unpaired) electrons. The standard InChI is InChI=1S/C23H16FN5O2/c1-14-5-11-20(31-14)22-27-26-21-12-10-19(28-29(21)22)16-3-2-4-18(13-16)25-23(30)15-6-8-17(24)9-7-15/h2-13H,1H3,(H,25,30). The lowest BCUT2D eigenvalue weighted by Gasteiger charge is -2.08. The minimum absolute atomic E-state index is 0.324. The SMILES string of the molecule is Cc1ccc(-c2nnc3ccc(-c4cccc(NC(=O)c5ccc(F)cc5)c4)nn23)o1. The Labute approximate surface area is 176 Å². The van der Waals surface area contributed by atoms with Crippen LogP contribution in [0.25, 0.3) is 28.5 Å². The predicted molar refractivity (Wildman–Crippen MR) is 113 cm³/mol. The van der Waals surface area contributed by atoms with Gasteiger partial charge in [0, 0.05) is 16.8 Å². The van der Waals surface area contributed by atoms with Crippen molar-refractivity contribution in [2.24, 2.45) is 0 Å². The van der Waals surface area contributed by atoms with Gasteiger partial charge in [-0.25, -0.2) is 4.39 Å². The van der Waals surface area contributed by atoms with Gasteiger partial charge in [-0.15, -0.1) is 10.2 Å². The molecule has 0 saturated heterocycles. The average molecular weight is 413 g/mol. The molecule has 152 valence electrons. The minimum atomic E-state index is -0.391. The number of anilines is 1. The zero-order valence-electron chi connectivity index (χ0n) is 16.4. The highest BCUT2D eigenvalue weighted by Crippen LogP contribution is 2.24. The Kier molecular flexibility index (Phi) is 4.51. The number of carbonyl (C=O) groups excluding carboxylic acids is 1. The number of hydrogen-bond acceptors (Lipinski definition) is 5. The Balaban J connectivity index is 1.46. The largest absolute Gasteiger partial charge is 0.458 e. The molecule has 0 atom stereocenters. The van der Waals surface area contributed by atoms with Crippen LogP contribution < -0.4 is 5.32 Å². The van der Waals surface area contributed by atoms with E-state index in [0.717, 1.165) is 11.3 Å². The number of hydrogen-bond donors (Lipinski definition) is 1. The van der Waals surface area contributed by atoms with Gasteiger partial charge in [0.25, 0.3) is 5.91 Å². The normalized spacial score (nSPS) is 11.0. The maximum absolute atomic E-state index is 13.1. The quantitative estimate of drug-likeness (QED) is 0.460. The molecule has 3 heterocycles. The molecule has 31 heavy (non-hydrogen) atoms. The van der Waals surface area contributed by atoms with E-state index < -0.39 is 5.82 Å². The second-order valence-electron chi connectivity index (χ2n) is 6.96. The number of aryl methyl sites for hydroxylation is 1. The van der Waals surface area contributed by atoms with E-state index in [0.29, 0.717) is 34.2 Å². The van der Waals surface area contributed by atoms with Gasteiger partial charge in [-0.05, 0) is 67.6 Å². The molecule has 0 saturated carbocycles. The maximum Gasteiger partial charge on any atom is 0.255 e. The monoisotopic (exact) mass is 413 g/mol. The molecule has 8 heteroatoms. The van der Waals surface area contributed by atoms with Crippen LogP contribution in [0.5, 0.6) is 0 Å². The molecule has 0 fully saturated rings. The fourth-order valence-electron chi connectivity index (χ4n) is 3.21. The van der Waals surface area contributed by atoms with Gasteiger partial charge >= 0.3 is 0 Å². The summed E-state index contributed by atoms with van der Waals surface area (Å²) in [6.45, 7) is 1.86. The predicted octanol–water partition coefficient (Wildman–Crippen LogP) is 4.75. The van der Waals surface area contributed by atoms with Gasteiger partial charge in [0.2, 0.25) is 5.82 Å². The third-order valence-corrected chi connectivity index (χ3v) is 4.75. The molecule has 0 aliphatic rings. The highest BCUT2D eigenvalue weighted by atomic mass is 19.1. The minimum Gasteiger partial charge on any atom is -0.458 e. The van der Waals surface area contributed by atoms with Crippen molar-refractivity contribution in [3.8, 4) is 22.8 Å². The van der Waals surface area contributed by atoms with E-state index in [1.54, 1.807) is 10.6 Å². The molecular formula is C23H16FN5O2. The molecule has 1 N–H and O–H groups in total. The van der Waals surface area contributed by atoms with Gasteiger partial charge in [0.1, 0.15) is 11.6 Å². The first-order chi connectivity index (χ1) is 15.1. The molecule has 2 aromatic carbocycles. The van der Waals surface area contributed by atoms with Gasteiger partial charge in [-0.2, -0.15) is 9.61 Å². The summed E-state index contributed by atoms with van der Waals surface area (Å²) in [5, 5.41) is 15.8. The Morgan fingerprint density at radius 3 is 2.61 bits per heavy atom. The van der Waals surface area contributed by atoms with Crippen LogP contribution in [0, 0.1) is 12.7 Å². The number of carbonyl (C=O) groups is 1. The first-order valence-electron chi connectivity index (χ1n) is 9.53. The van der Waals surface area contributed by atoms with Gasteiger partial charge in [0.05, 0.1) is 5.69 Å². The van der Waals surface area contributed by atoms with Crippen LogP contribution in [0.4, 0.5) is 10.1 Å². The number of furan rings is 1. The van der Waals surface area contributed by atoms with Crippen LogP contribution in [0.15, 0.2) is 77.2 Å². The Morgan fingerprint density at radius 2 is 1.84 bits per heavy atom. The van der Waals surface area contributed by atoms with Crippen LogP contribution >= 0.6 is 0 Å². The average Bonchev–Trinajstić information content (AvgIpc) is 3.39. The summed E-state index contributed by atoms with van der Waals surface area (Å²) in [7, 11) is 0. The second kappa shape index (κ2) is 7.49. The number of fused-ring (bicyclic) bond motifs is 1. The number of nitrogens with one attached hydrogen (secondary N) is 1. The first-order valence-corrected chi connectivity index (χ1v) is 9.53. The van der Waals surface area contributed by atoms with Gasteiger partial charge in [0.15, 0.2) is 11.4 Å². The molecule has 5 rings (SSSR count). The van der Waals surface area contributed by atoms with Gasteiger partial charge < -0.3 is 9.73 Å². The number of nitrogens with zero attached hydrogens (tertiary/aromatic N) is 4. The first kappa shape index (κ1) is 18.7. The molecule has 7 nitrogen and oxygen atoms in total. The lowest BCUT2D eigenvalue weighted by Crippen LogP contribution is -2.11. The van der Waals surface area contributed by atoms with E-state index in [4.69, 9.17) is 4.42 Å². The summed E-state index contributed by atoms with van der Waals surface area (Å²) < 4.78 is 20.4. The smallest absolute Gasteiger partial charge is 0.255 e. The summed E-state index contributed by atoms with van der Waals surface area (Å²) in [6.07, 6.45) is 0. The molecule has 0 bridgehead atoms. The lowest BCUT2D eigenvalue weighted by atomic mass is 10.1. The zero-order valence-corrected chi connectivity index (χ0v) is 16.4. The van der Waals surface area contributed by atoms with Gasteiger partial charge in [-0.1, -0.05) is 12.1 Å². The van der Waals surface area contributed by atoms with E-state index in [-0.39, 0.29) is 5.91 Å². The van der Waals surface area contributed by atoms with Crippen molar-refractivity contribution in [2.75, 3.05) is 5.32 Å². The van der Waals surface area contributed by atoms with Crippen molar-refractivity contribution in [2.45, 2.75) is 6.92 Å². The topological polar surface area (TPSA) is 85.3 Å². The summed E-state index contributed by atoms with van der Waals surface area (Å²) in [6, 6.07) is 20.0. The Bertz CT molecular complexity index is 1410. The second-order valence-corrected chi connectivity index (χ2v) is 6.96. The maximum atomic E-state index is 13.1. The van der Waals surface area contributed by atoms with E-state index >= 15 is 0 Å². The number of benzene rings is 2. The number of halogens is 1.